The van der Waals surface area contributed by atoms with Gasteiger partial charge in [-0.25, -0.2) is 50.2 Å². The molecule has 0 saturated carbocycles. The second-order valence-corrected chi connectivity index (χ2v) is 32.8. The first-order valence-electron chi connectivity index (χ1n) is 38.0. The van der Waals surface area contributed by atoms with Crippen molar-refractivity contribution in [2.75, 3.05) is 26.3 Å². The fourth-order valence-corrected chi connectivity index (χ4v) is 16.5. The maximum absolute atomic E-state index is 15.9. The van der Waals surface area contributed by atoms with Gasteiger partial charge >= 0.3 is 48.4 Å². The molecule has 124 heavy (non-hydrogen) atoms. The van der Waals surface area contributed by atoms with Crippen LogP contribution in [0.4, 0.5) is 17.6 Å². The van der Waals surface area contributed by atoms with Gasteiger partial charge in [0.05, 0.1) is 56.9 Å². The molecule has 9 aliphatic heterocycles. The number of benzene rings is 4. The largest absolute Gasteiger partial charge is 0.530 e. The van der Waals surface area contributed by atoms with E-state index >= 15 is 17.6 Å². The molecule has 4 unspecified atom stereocenters. The monoisotopic (exact) mass is 1840 g/mol. The quantitative estimate of drug-likeness (QED) is 0.0213. The lowest BCUT2D eigenvalue weighted by Crippen LogP contribution is -2.48. The number of carbonyl (C=O) groups excluding carboxylic acids is 5. The minimum atomic E-state index is -4.81. The van der Waals surface area contributed by atoms with E-state index in [2.05, 4.69) is 16.4 Å². The Morgan fingerprint density at radius 3 is 1.14 bits per heavy atom. The number of halogens is 4. The van der Waals surface area contributed by atoms with Crippen molar-refractivity contribution in [2.45, 2.75) is 124 Å². The van der Waals surface area contributed by atoms with Crippen LogP contribution in [0.25, 0.3) is 0 Å². The maximum atomic E-state index is 15.9. The number of H-pyrrole nitrogens is 3. The highest BCUT2D eigenvalue weighted by molar-refractivity contribution is 7.49. The molecule has 7 aromatic rings. The summed E-state index contributed by atoms with van der Waals surface area (Å²) in [7, 11) is -18.2. The van der Waals surface area contributed by atoms with E-state index in [0.29, 0.717) is 54.9 Å². The van der Waals surface area contributed by atoms with Gasteiger partial charge in [-0.3, -0.25) is 103 Å². The number of nitrogens with one attached hydrogen (secondary N) is 4. The number of nitrogens with zero attached hydrogens (tertiary/aromatic N) is 4. The number of aliphatic hydroxyl groups excluding tert-OH is 8. The number of alkyl halides is 4. The van der Waals surface area contributed by atoms with Gasteiger partial charge in [-0.05, 0) is 24.3 Å². The Morgan fingerprint density at radius 1 is 0.444 bits per heavy atom. The lowest BCUT2D eigenvalue weighted by atomic mass is 10.1. The van der Waals surface area contributed by atoms with Crippen LogP contribution in [-0.4, -0.2) is 210 Å². The van der Waals surface area contributed by atoms with Crippen molar-refractivity contribution in [2.24, 2.45) is 0 Å². The van der Waals surface area contributed by atoms with E-state index in [1.807, 2.05) is 0 Å². The lowest BCUT2D eigenvalue weighted by molar-refractivity contribution is -0.208. The van der Waals surface area contributed by atoms with Gasteiger partial charge in [0.25, 0.3) is 46.0 Å². The van der Waals surface area contributed by atoms with Crippen molar-refractivity contribution >= 4 is 62.3 Å². The third-order valence-electron chi connectivity index (χ3n) is 18.4. The number of aldehydes is 4. The number of carbonyl (C=O) groups is 5. The van der Waals surface area contributed by atoms with Gasteiger partial charge in [-0.15, -0.1) is 0 Å². The number of para-hydroxylation sites is 4. The number of phosphoric acid groups is 4. The van der Waals surface area contributed by atoms with Crippen LogP contribution in [0.2, 0.25) is 0 Å². The zero-order chi connectivity index (χ0) is 95.0. The molecule has 0 spiro atoms. The number of ether oxygens (including phenoxy) is 4. The summed E-state index contributed by atoms with van der Waals surface area (Å²) >= 11 is 0. The van der Waals surface area contributed by atoms with E-state index in [1.54, 1.807) is 75.6 Å². The van der Waals surface area contributed by atoms with Crippen molar-refractivity contribution in [1.82, 2.24) is 38.9 Å². The van der Waals surface area contributed by atoms with Gasteiger partial charge in [-0.2, -0.15) is 0 Å². The number of aliphatic hydroxyl groups is 8. The lowest BCUT2D eigenvalue weighted by Gasteiger charge is -2.33. The first-order valence-corrected chi connectivity index (χ1v) is 40.8. The van der Waals surface area contributed by atoms with Crippen molar-refractivity contribution in [3.8, 4) is 23.0 Å². The molecule has 3 aromatic heterocycles. The first kappa shape index (κ1) is 83.0. The average molecular weight is 1840 g/mol. The number of aromatic nitrogens is 6. The standard InChI is InChI=1S/C18H18FN2O9P.3C17H16FN2O10P/c1-10-20-16(25)12(7-22)6-21(10)17-14(23)15(24)18(19,29-17)9-28-31(26)27-8-11-4-2-3-5-13(11)30-31;3*18-17(8-28-31(26)27-7-9-3-1-2-4-11(9)30-31)13(23)12(22)15(29-17)20-5-10(6-21)14(24)19-16(20)25/h2-7,14-15,17,23-24H,1,8-9H2,(H,20,25);3*1-6,12-13,15,22-23H,7-8H2,(H,19,24,25)/t14-,15+,17-,18-,31?;3*12-,13+,15-,17-,31?/m1111/s1/i9D2,17D;15D;8D2;. The van der Waals surface area contributed by atoms with Gasteiger partial charge in [0.15, 0.2) is 50.0 Å². The zero-order valence-corrected chi connectivity index (χ0v) is 65.5. The molecule has 55 heteroatoms. The highest BCUT2D eigenvalue weighted by Crippen LogP contribution is 2.60. The van der Waals surface area contributed by atoms with Gasteiger partial charge in [-0.1, -0.05) is 79.4 Å². The topological polar surface area (TPSA) is 643 Å². The SMILES string of the molecule is O=Cc1cn([C@@H]2O[C@](F)(COP3(=O)OCc4ccccc4O3)[C@@H](O)[C@H]2O)c(=O)[nH]c1=O.[2H]C([2H])(OP1(=O)OCc2ccccc2O1)[C@@]1(F)O[C@@H](n2cc(C=O)c(=O)[nH]c2=O)[C@H](O)[C@@H]1O.[2H]C([2H])(OP1(=O)OCc2ccccc2O1)[C@@]1(F)O[C@@]([2H])(N2C=C(C=O)C(=O)NC2=C)[C@H](O)[C@@H]1O.[2H][C@@]1(n2cc(C=O)c(=O)[nH]c2=O)O[C@](F)(COP2(=O)OCc3ccccc3O2)[C@@H](O)[C@H]1O. The van der Waals surface area contributed by atoms with E-state index < -0.39 is 222 Å². The number of aromatic amines is 3. The Labute approximate surface area is 695 Å². The van der Waals surface area contributed by atoms with Crippen molar-refractivity contribution in [3.05, 3.63) is 241 Å². The molecule has 0 bridgehead atoms. The van der Waals surface area contributed by atoms with E-state index in [-0.39, 0.29) is 79.1 Å². The highest BCUT2D eigenvalue weighted by atomic mass is 31.2. The van der Waals surface area contributed by atoms with Crippen molar-refractivity contribution < 1.29 is 182 Å². The molecule has 9 aliphatic rings. The smallest absolute Gasteiger partial charge is 0.404 e. The summed E-state index contributed by atoms with van der Waals surface area (Å²) in [4.78, 5) is 132. The Balaban J connectivity index is 0.000000148. The number of phosphoric ester groups is 4. The van der Waals surface area contributed by atoms with E-state index in [9.17, 15) is 112 Å². The molecular formula is C69H66F4N8O39P4. The Kier molecular flexibility index (Phi) is 23.9. The van der Waals surface area contributed by atoms with Crippen LogP contribution in [0.5, 0.6) is 23.0 Å². The summed E-state index contributed by atoms with van der Waals surface area (Å²) in [5.74, 6) is -15.4. The van der Waals surface area contributed by atoms with Crippen LogP contribution in [-0.2, 0) is 109 Å². The second kappa shape index (κ2) is 35.8. The van der Waals surface area contributed by atoms with Gasteiger partial charge in [0, 0.05) is 47.0 Å². The van der Waals surface area contributed by atoms with Crippen LogP contribution in [0.15, 0.2) is 169 Å². The minimum Gasteiger partial charge on any atom is -0.404 e. The van der Waals surface area contributed by atoms with Crippen molar-refractivity contribution in [3.63, 3.8) is 0 Å². The molecule has 4 fully saturated rings. The van der Waals surface area contributed by atoms with Crippen molar-refractivity contribution in [1.29, 1.82) is 0 Å². The Bertz CT molecular complexity index is 6320. The molecule has 0 radical (unpaired) electrons. The summed E-state index contributed by atoms with van der Waals surface area (Å²) in [6.07, 6.45) is -26.4. The Morgan fingerprint density at radius 2 is 0.750 bits per heavy atom. The van der Waals surface area contributed by atoms with Crippen LogP contribution < -0.4 is 57.2 Å². The molecule has 20 atom stereocenters. The normalized spacial score (nSPS) is 35.1. The van der Waals surface area contributed by atoms with Gasteiger partial charge in [0.2, 0.25) is 0 Å². The van der Waals surface area contributed by atoms with Gasteiger partial charge < -0.3 is 88.1 Å². The Hall–Kier alpha value is -10.6. The maximum Gasteiger partial charge on any atom is 0.530 e. The fourth-order valence-electron chi connectivity index (χ4n) is 11.9. The van der Waals surface area contributed by atoms with E-state index in [1.165, 1.54) is 36.4 Å². The van der Waals surface area contributed by atoms with Crippen LogP contribution in [0.1, 0.15) is 80.2 Å². The van der Waals surface area contributed by atoms with E-state index in [4.69, 9.17) is 76.9 Å². The third kappa shape index (κ3) is 18.7. The number of amides is 1. The van der Waals surface area contributed by atoms with Gasteiger partial charge in [0.1, 0.15) is 104 Å². The molecule has 1 amide bonds. The summed E-state index contributed by atoms with van der Waals surface area (Å²) in [6.45, 7) is -7.66. The molecule has 4 saturated heterocycles. The number of hydrogen-bond acceptors (Lipinski definition) is 40. The summed E-state index contributed by atoms with van der Waals surface area (Å²) in [5.41, 5.74) is -7.08. The zero-order valence-electron chi connectivity index (χ0n) is 67.9. The molecule has 4 aromatic carbocycles. The van der Waals surface area contributed by atoms with E-state index in [0.717, 1.165) is 6.20 Å². The molecule has 12 heterocycles. The third-order valence-corrected chi connectivity index (χ3v) is 23.3. The molecule has 664 valence electrons. The predicted octanol–water partition coefficient (Wildman–Crippen LogP) is 0.448. The molecule has 0 aliphatic carbocycles. The average Bonchev–Trinajstić information content (AvgIpc) is 1.55. The second-order valence-electron chi connectivity index (χ2n) is 26.6. The predicted molar refractivity (Wildman–Crippen MR) is 394 cm³/mol. The fraction of sp³-hybridized carbons (Fsp3) is 0.348. The molecule has 47 nitrogen and oxygen atoms in total. The minimum absolute atomic E-state index is 0.0236. The summed E-state index contributed by atoms with van der Waals surface area (Å²) in [6, 6.07) is 25.1. The number of rotatable bonds is 20. The summed E-state index contributed by atoms with van der Waals surface area (Å²) in [5, 5.41) is 84.1. The summed E-state index contributed by atoms with van der Waals surface area (Å²) < 4.78 is 242. The molecular weight excluding hydrogens is 1760 g/mol. The number of fused-ring (bicyclic) bond motifs is 4. The van der Waals surface area contributed by atoms with Crippen LogP contribution in [0.3, 0.4) is 0 Å². The first-order chi connectivity index (χ1) is 60.8. The molecule has 12 N–H and O–H groups in total. The van der Waals surface area contributed by atoms with Crippen LogP contribution >= 0.6 is 31.3 Å². The number of hydrogen-bond donors (Lipinski definition) is 12. The highest BCUT2D eigenvalue weighted by Gasteiger charge is 2.63. The van der Waals surface area contributed by atoms with Crippen LogP contribution in [0, 0.1) is 0 Å². The molecule has 16 rings (SSSR count).